The molecular weight excluding hydrogens is 248 g/mol. The smallest absolute Gasteiger partial charge is 0.294 e. The average Bonchev–Trinajstić information content (AvgIpc) is 2.27. The molecule has 0 atom stereocenters. The summed E-state index contributed by atoms with van der Waals surface area (Å²) in [5, 5.41) is 0. The maximum Gasteiger partial charge on any atom is 0.416 e. The largest absolute Gasteiger partial charge is 0.416 e. The van der Waals surface area contributed by atoms with E-state index in [1.54, 1.807) is 0 Å². The van der Waals surface area contributed by atoms with Crippen molar-refractivity contribution in [2.45, 2.75) is 38.8 Å². The van der Waals surface area contributed by atoms with Crippen LogP contribution in [0.3, 0.4) is 0 Å². The number of unbranched alkanes of at least 4 members (excludes halogenated alkanes) is 2. The number of alkyl halides is 3. The van der Waals surface area contributed by atoms with Crippen molar-refractivity contribution in [1.29, 1.82) is 0 Å². The van der Waals surface area contributed by atoms with Gasteiger partial charge in [-0.3, -0.25) is 4.79 Å². The number of carbonyl (C=O) groups is 1. The molecule has 100 valence electrons. The van der Waals surface area contributed by atoms with E-state index in [2.05, 4.69) is 0 Å². The van der Waals surface area contributed by atoms with Crippen LogP contribution < -0.4 is 0 Å². The van der Waals surface area contributed by atoms with Gasteiger partial charge < -0.3 is 0 Å². The van der Waals surface area contributed by atoms with Gasteiger partial charge in [-0.2, -0.15) is 13.2 Å². The molecule has 0 N–H and O–H groups in total. The lowest BCUT2D eigenvalue weighted by atomic mass is 10.0. The molecule has 0 saturated heterocycles. The molecule has 0 fully saturated rings. The van der Waals surface area contributed by atoms with Crippen molar-refractivity contribution in [3.05, 3.63) is 35.1 Å². The van der Waals surface area contributed by atoms with Crippen LogP contribution in [0.2, 0.25) is 0 Å². The molecule has 0 aliphatic carbocycles. The Balaban J connectivity index is 2.89. The summed E-state index contributed by atoms with van der Waals surface area (Å²) < 4.78 is 50.4. The molecule has 1 aromatic rings. The first kappa shape index (κ1) is 14.7. The Labute approximate surface area is 103 Å². The van der Waals surface area contributed by atoms with Gasteiger partial charge >= 0.3 is 6.18 Å². The number of benzene rings is 1. The summed E-state index contributed by atoms with van der Waals surface area (Å²) in [6.45, 7) is 1.95. The van der Waals surface area contributed by atoms with E-state index in [9.17, 15) is 22.4 Å². The number of hydrogen-bond donors (Lipinski definition) is 0. The summed E-state index contributed by atoms with van der Waals surface area (Å²) >= 11 is 0. The Morgan fingerprint density at radius 2 is 1.83 bits per heavy atom. The Morgan fingerprint density at radius 1 is 1.17 bits per heavy atom. The van der Waals surface area contributed by atoms with Gasteiger partial charge in [0.25, 0.3) is 0 Å². The van der Waals surface area contributed by atoms with Gasteiger partial charge in [-0.25, -0.2) is 4.39 Å². The van der Waals surface area contributed by atoms with Gasteiger partial charge in [0.05, 0.1) is 5.56 Å². The van der Waals surface area contributed by atoms with Crippen LogP contribution in [-0.4, -0.2) is 5.78 Å². The maximum atomic E-state index is 13.1. The summed E-state index contributed by atoms with van der Waals surface area (Å²) in [4.78, 5) is 11.6. The quantitative estimate of drug-likeness (QED) is 0.430. The minimum atomic E-state index is -4.64. The van der Waals surface area contributed by atoms with Gasteiger partial charge in [0.2, 0.25) is 0 Å². The molecule has 0 unspecified atom stereocenters. The first-order valence-corrected chi connectivity index (χ1v) is 5.75. The highest BCUT2D eigenvalue weighted by Crippen LogP contribution is 2.30. The molecule has 0 spiro atoms. The van der Waals surface area contributed by atoms with E-state index in [0.29, 0.717) is 18.6 Å². The van der Waals surface area contributed by atoms with Crippen molar-refractivity contribution in [2.24, 2.45) is 0 Å². The van der Waals surface area contributed by atoms with E-state index in [0.717, 1.165) is 18.9 Å². The van der Waals surface area contributed by atoms with Crippen LogP contribution in [0.1, 0.15) is 48.5 Å². The van der Waals surface area contributed by atoms with Crippen molar-refractivity contribution in [1.82, 2.24) is 0 Å². The van der Waals surface area contributed by atoms with Crippen molar-refractivity contribution < 1.29 is 22.4 Å². The second-order valence-electron chi connectivity index (χ2n) is 4.11. The third-order valence-electron chi connectivity index (χ3n) is 2.55. The predicted molar refractivity (Wildman–Crippen MR) is 59.9 cm³/mol. The zero-order chi connectivity index (χ0) is 13.8. The highest BCUT2D eigenvalue weighted by molar-refractivity contribution is 5.96. The molecule has 0 saturated carbocycles. The van der Waals surface area contributed by atoms with E-state index in [1.807, 2.05) is 6.92 Å². The average molecular weight is 262 g/mol. The fourth-order valence-corrected chi connectivity index (χ4v) is 1.59. The van der Waals surface area contributed by atoms with Gasteiger partial charge in [-0.15, -0.1) is 0 Å². The van der Waals surface area contributed by atoms with Crippen molar-refractivity contribution in [3.63, 3.8) is 0 Å². The van der Waals surface area contributed by atoms with Crippen LogP contribution in [0.25, 0.3) is 0 Å². The molecule has 1 nitrogen and oxygen atoms in total. The van der Waals surface area contributed by atoms with Gasteiger partial charge in [0.1, 0.15) is 5.82 Å². The monoisotopic (exact) mass is 262 g/mol. The molecule has 0 amide bonds. The first-order chi connectivity index (χ1) is 8.34. The maximum absolute atomic E-state index is 13.1. The fraction of sp³-hybridized carbons (Fsp3) is 0.462. The number of carbonyl (C=O) groups excluding carboxylic acids is 1. The second-order valence-corrected chi connectivity index (χ2v) is 4.11. The molecule has 0 aromatic heterocycles. The van der Waals surface area contributed by atoms with Gasteiger partial charge in [-0.05, 0) is 24.6 Å². The zero-order valence-corrected chi connectivity index (χ0v) is 9.98. The minimum absolute atomic E-state index is 0.147. The van der Waals surface area contributed by atoms with E-state index < -0.39 is 23.3 Å². The van der Waals surface area contributed by atoms with E-state index >= 15 is 0 Å². The zero-order valence-electron chi connectivity index (χ0n) is 9.98. The SMILES string of the molecule is CCCCCC(=O)c1cc(F)cc(C(F)(F)F)c1. The standard InChI is InChI=1S/C13H14F4O/c1-2-3-4-5-12(18)9-6-10(13(15,16)17)8-11(14)7-9/h6-8H,2-5H2,1H3. The lowest BCUT2D eigenvalue weighted by molar-refractivity contribution is -0.137. The first-order valence-electron chi connectivity index (χ1n) is 5.75. The molecule has 0 radical (unpaired) electrons. The van der Waals surface area contributed by atoms with E-state index in [4.69, 9.17) is 0 Å². The third-order valence-corrected chi connectivity index (χ3v) is 2.55. The minimum Gasteiger partial charge on any atom is -0.294 e. The van der Waals surface area contributed by atoms with Gasteiger partial charge in [-0.1, -0.05) is 19.8 Å². The van der Waals surface area contributed by atoms with Crippen LogP contribution in [0, 0.1) is 5.82 Å². The molecule has 0 heterocycles. The van der Waals surface area contributed by atoms with Crippen molar-refractivity contribution in [2.75, 3.05) is 0 Å². The number of rotatable bonds is 5. The molecule has 0 aliphatic rings. The lowest BCUT2D eigenvalue weighted by Crippen LogP contribution is -2.08. The van der Waals surface area contributed by atoms with Crippen LogP contribution >= 0.6 is 0 Å². The predicted octanol–water partition coefficient (Wildman–Crippen LogP) is 4.61. The van der Waals surface area contributed by atoms with E-state index in [-0.39, 0.29) is 12.0 Å². The van der Waals surface area contributed by atoms with E-state index in [1.165, 1.54) is 0 Å². The van der Waals surface area contributed by atoms with Crippen molar-refractivity contribution in [3.8, 4) is 0 Å². The van der Waals surface area contributed by atoms with Crippen LogP contribution in [0.5, 0.6) is 0 Å². The summed E-state index contributed by atoms with van der Waals surface area (Å²) in [6, 6.07) is 1.95. The number of Topliss-reactive ketones (excluding diaryl/α,β-unsaturated/α-hetero) is 1. The van der Waals surface area contributed by atoms with Crippen molar-refractivity contribution >= 4 is 5.78 Å². The second kappa shape index (κ2) is 5.98. The summed E-state index contributed by atoms with van der Waals surface area (Å²) in [5.74, 6) is -1.49. The molecular formula is C13H14F4O. The van der Waals surface area contributed by atoms with Gasteiger partial charge in [0.15, 0.2) is 5.78 Å². The molecule has 18 heavy (non-hydrogen) atoms. The van der Waals surface area contributed by atoms with Crippen LogP contribution in [-0.2, 0) is 6.18 Å². The normalized spacial score (nSPS) is 11.6. The molecule has 0 bridgehead atoms. The summed E-state index contributed by atoms with van der Waals surface area (Å²) in [6.07, 6.45) is -2.15. The number of ketones is 1. The fourth-order valence-electron chi connectivity index (χ4n) is 1.59. The Kier molecular flexibility index (Phi) is 4.87. The van der Waals surface area contributed by atoms with Crippen LogP contribution in [0.15, 0.2) is 18.2 Å². The Hall–Kier alpha value is -1.39. The van der Waals surface area contributed by atoms with Gasteiger partial charge in [0, 0.05) is 12.0 Å². The number of halogens is 4. The topological polar surface area (TPSA) is 17.1 Å². The summed E-state index contributed by atoms with van der Waals surface area (Å²) in [7, 11) is 0. The molecule has 5 heteroatoms. The Bertz CT molecular complexity index is 423. The highest BCUT2D eigenvalue weighted by atomic mass is 19.4. The Morgan fingerprint density at radius 3 is 2.39 bits per heavy atom. The lowest BCUT2D eigenvalue weighted by Gasteiger charge is -2.08. The summed E-state index contributed by atoms with van der Waals surface area (Å²) in [5.41, 5.74) is -1.33. The molecule has 0 aliphatic heterocycles. The third kappa shape index (κ3) is 4.13. The number of hydrogen-bond acceptors (Lipinski definition) is 1. The molecule has 1 rings (SSSR count). The highest BCUT2D eigenvalue weighted by Gasteiger charge is 2.31. The van der Waals surface area contributed by atoms with Crippen LogP contribution in [0.4, 0.5) is 17.6 Å². The molecule has 1 aromatic carbocycles.